The highest BCUT2D eigenvalue weighted by molar-refractivity contribution is 7.09. The molecule has 272 valence electrons. The van der Waals surface area contributed by atoms with E-state index in [1.54, 1.807) is 23.0 Å². The summed E-state index contributed by atoms with van der Waals surface area (Å²) in [6.45, 7) is 8.71. The number of hydrogen-bond donors (Lipinski definition) is 3. The summed E-state index contributed by atoms with van der Waals surface area (Å²) in [6.07, 6.45) is 5.51. The molecule has 2 heterocycles. The van der Waals surface area contributed by atoms with Gasteiger partial charge in [0.25, 0.3) is 0 Å². The van der Waals surface area contributed by atoms with E-state index >= 15 is 0 Å². The van der Waals surface area contributed by atoms with Gasteiger partial charge in [-0.1, -0.05) is 88.4 Å². The smallest absolute Gasteiger partial charge is 0.407 e. The van der Waals surface area contributed by atoms with Crippen molar-refractivity contribution in [1.82, 2.24) is 30.8 Å². The number of carbonyl (C=O) groups is 3. The van der Waals surface area contributed by atoms with Gasteiger partial charge in [0.1, 0.15) is 12.6 Å². The predicted molar refractivity (Wildman–Crippen MR) is 203 cm³/mol. The van der Waals surface area contributed by atoms with Crippen molar-refractivity contribution in [3.05, 3.63) is 104 Å². The van der Waals surface area contributed by atoms with E-state index in [9.17, 15) is 14.4 Å². The van der Waals surface area contributed by atoms with Crippen molar-refractivity contribution in [2.75, 3.05) is 0 Å². The summed E-state index contributed by atoms with van der Waals surface area (Å²) in [7, 11) is 0. The molecular formula is C39H50N6O4S2. The minimum absolute atomic E-state index is 0.139. The first-order chi connectivity index (χ1) is 24.6. The van der Waals surface area contributed by atoms with Crippen molar-refractivity contribution in [3.63, 3.8) is 0 Å². The molecule has 2 aromatic carbocycles. The average Bonchev–Trinajstić information content (AvgIpc) is 3.59. The van der Waals surface area contributed by atoms with E-state index in [4.69, 9.17) is 9.72 Å². The first-order valence-corrected chi connectivity index (χ1v) is 19.6. The van der Waals surface area contributed by atoms with Gasteiger partial charge in [0, 0.05) is 35.6 Å². The quantitative estimate of drug-likeness (QED) is 0.0976. The van der Waals surface area contributed by atoms with Crippen molar-refractivity contribution in [2.45, 2.75) is 109 Å². The molecule has 1 fully saturated rings. The van der Waals surface area contributed by atoms with Gasteiger partial charge in [-0.25, -0.2) is 14.6 Å². The molecule has 0 spiro atoms. The maximum atomic E-state index is 14.0. The van der Waals surface area contributed by atoms with Gasteiger partial charge in [0.05, 0.1) is 27.6 Å². The van der Waals surface area contributed by atoms with Crippen LogP contribution in [0.4, 0.5) is 9.59 Å². The number of alkyl carbamates (subject to hydrolysis) is 1. The van der Waals surface area contributed by atoms with Crippen molar-refractivity contribution < 1.29 is 19.1 Å². The zero-order chi connectivity index (χ0) is 36.2. The number of rotatable bonds is 18. The molecule has 5 rings (SSSR count). The Balaban J connectivity index is 1.26. The Kier molecular flexibility index (Phi) is 14.0. The summed E-state index contributed by atoms with van der Waals surface area (Å²) >= 11 is 3.06. The highest BCUT2D eigenvalue weighted by atomic mass is 32.1. The fourth-order valence-electron chi connectivity index (χ4n) is 5.94. The van der Waals surface area contributed by atoms with E-state index in [0.29, 0.717) is 38.1 Å². The SMILES string of the molecule is CC(C)c1nc(CN(C(=O)NC(C(=O)NC(CCC(Cc2ccccc2)NC(=O)OCc2cncs2)Cc2ccccc2)C(C)C)C2CC2)cs1. The molecule has 3 atom stereocenters. The number of aromatic nitrogens is 2. The number of carbonyl (C=O) groups excluding carboxylic acids is 3. The molecule has 4 aromatic rings. The minimum atomic E-state index is -0.723. The third-order valence-corrected chi connectivity index (χ3v) is 10.8. The maximum absolute atomic E-state index is 14.0. The average molecular weight is 731 g/mol. The molecule has 0 saturated heterocycles. The third kappa shape index (κ3) is 12.2. The highest BCUT2D eigenvalue weighted by Gasteiger charge is 2.36. The summed E-state index contributed by atoms with van der Waals surface area (Å²) < 4.78 is 5.51. The summed E-state index contributed by atoms with van der Waals surface area (Å²) in [6, 6.07) is 18.8. The number of ether oxygens (including phenoxy) is 1. The van der Waals surface area contributed by atoms with E-state index in [1.165, 1.54) is 11.3 Å². The zero-order valence-electron chi connectivity index (χ0n) is 29.9. The molecule has 0 bridgehead atoms. The fraction of sp³-hybridized carbons (Fsp3) is 0.462. The molecule has 1 aliphatic carbocycles. The number of amides is 4. The van der Waals surface area contributed by atoms with Crippen molar-refractivity contribution in [2.24, 2.45) is 5.92 Å². The fourth-order valence-corrected chi connectivity index (χ4v) is 7.27. The summed E-state index contributed by atoms with van der Waals surface area (Å²) in [5, 5.41) is 12.5. The Morgan fingerprint density at radius 3 is 2.02 bits per heavy atom. The van der Waals surface area contributed by atoms with Gasteiger partial charge in [-0.05, 0) is 55.6 Å². The Morgan fingerprint density at radius 1 is 0.863 bits per heavy atom. The molecular weight excluding hydrogens is 681 g/mol. The van der Waals surface area contributed by atoms with Crippen LogP contribution in [0.2, 0.25) is 0 Å². The standard InChI is InChI=1S/C39H50N6O4S2/c1-26(2)35(44-38(47)45(33-17-18-33)22-32-24-50-37(42-32)27(3)4)36(46)41-30(19-28-11-7-5-8-12-28)15-16-31(20-29-13-9-6-10-14-29)43-39(48)49-23-34-21-40-25-51-34/h5-14,21,24-27,30-31,33,35H,15-20,22-23H2,1-4H3,(H,41,46)(H,43,48)(H,44,47). The second-order valence-electron chi connectivity index (χ2n) is 13.9. The van der Waals surface area contributed by atoms with Crippen molar-refractivity contribution in [1.29, 1.82) is 0 Å². The predicted octanol–water partition coefficient (Wildman–Crippen LogP) is 7.47. The first kappa shape index (κ1) is 38.0. The van der Waals surface area contributed by atoms with Crippen molar-refractivity contribution in [3.8, 4) is 0 Å². The van der Waals surface area contributed by atoms with Gasteiger partial charge in [-0.3, -0.25) is 9.78 Å². The van der Waals surface area contributed by atoms with Crippen LogP contribution in [0, 0.1) is 5.92 Å². The largest absolute Gasteiger partial charge is 0.444 e. The van der Waals surface area contributed by atoms with Crippen LogP contribution in [-0.2, 0) is 35.5 Å². The summed E-state index contributed by atoms with van der Waals surface area (Å²) in [4.78, 5) is 52.2. The van der Waals surface area contributed by atoms with Crippen molar-refractivity contribution >= 4 is 40.7 Å². The topological polar surface area (TPSA) is 126 Å². The second kappa shape index (κ2) is 18.8. The highest BCUT2D eigenvalue weighted by Crippen LogP contribution is 2.29. The normalized spacial score (nSPS) is 14.5. The third-order valence-electron chi connectivity index (χ3n) is 8.88. The lowest BCUT2D eigenvalue weighted by atomic mass is 9.95. The summed E-state index contributed by atoms with van der Waals surface area (Å²) in [5.74, 6) is -0.0282. The van der Waals surface area contributed by atoms with E-state index in [-0.39, 0.29) is 42.6 Å². The van der Waals surface area contributed by atoms with Crippen LogP contribution in [0.5, 0.6) is 0 Å². The van der Waals surface area contributed by atoms with Crippen LogP contribution in [0.15, 0.2) is 77.8 Å². The van der Waals surface area contributed by atoms with E-state index in [2.05, 4.69) is 34.8 Å². The lowest BCUT2D eigenvalue weighted by Crippen LogP contribution is -2.55. The Hall–Kier alpha value is -4.29. The first-order valence-electron chi connectivity index (χ1n) is 17.8. The number of urea groups is 1. The Morgan fingerprint density at radius 2 is 1.49 bits per heavy atom. The van der Waals surface area contributed by atoms with Gasteiger partial charge in [0.2, 0.25) is 5.91 Å². The lowest BCUT2D eigenvalue weighted by molar-refractivity contribution is -0.124. The van der Waals surface area contributed by atoms with Crippen LogP contribution in [0.1, 0.15) is 86.0 Å². The molecule has 12 heteroatoms. The van der Waals surface area contributed by atoms with Gasteiger partial charge in [-0.2, -0.15) is 0 Å². The molecule has 4 amide bonds. The van der Waals surface area contributed by atoms with Crippen LogP contribution < -0.4 is 16.0 Å². The monoisotopic (exact) mass is 730 g/mol. The molecule has 1 aliphatic rings. The number of benzene rings is 2. The molecule has 0 aliphatic heterocycles. The lowest BCUT2D eigenvalue weighted by Gasteiger charge is -2.29. The molecule has 1 saturated carbocycles. The molecule has 3 unspecified atom stereocenters. The molecule has 0 radical (unpaired) electrons. The number of hydrogen-bond acceptors (Lipinski definition) is 8. The van der Waals surface area contributed by atoms with Gasteiger partial charge in [-0.15, -0.1) is 22.7 Å². The summed E-state index contributed by atoms with van der Waals surface area (Å²) in [5.41, 5.74) is 4.77. The molecule has 2 aromatic heterocycles. The molecule has 3 N–H and O–H groups in total. The van der Waals surface area contributed by atoms with Crippen LogP contribution in [0.25, 0.3) is 0 Å². The molecule has 51 heavy (non-hydrogen) atoms. The number of nitrogens with one attached hydrogen (secondary N) is 3. The number of thiazole rings is 2. The van der Waals surface area contributed by atoms with Gasteiger partial charge in [0.15, 0.2) is 0 Å². The Labute approximate surface area is 309 Å². The second-order valence-corrected chi connectivity index (χ2v) is 15.8. The maximum Gasteiger partial charge on any atom is 0.407 e. The van der Waals surface area contributed by atoms with E-state index < -0.39 is 12.1 Å². The van der Waals surface area contributed by atoms with Gasteiger partial charge < -0.3 is 25.6 Å². The minimum Gasteiger partial charge on any atom is -0.444 e. The van der Waals surface area contributed by atoms with Crippen LogP contribution in [0.3, 0.4) is 0 Å². The van der Waals surface area contributed by atoms with Crippen LogP contribution in [-0.4, -0.2) is 57.1 Å². The van der Waals surface area contributed by atoms with Gasteiger partial charge >= 0.3 is 12.1 Å². The molecule has 10 nitrogen and oxygen atoms in total. The Bertz CT molecular complexity index is 1660. The van der Waals surface area contributed by atoms with E-state index in [0.717, 1.165) is 39.5 Å². The zero-order valence-corrected chi connectivity index (χ0v) is 31.6. The van der Waals surface area contributed by atoms with E-state index in [1.807, 2.05) is 84.8 Å². The number of nitrogens with zero attached hydrogens (tertiary/aromatic N) is 3. The van der Waals surface area contributed by atoms with Crippen LogP contribution >= 0.6 is 22.7 Å².